The highest BCUT2D eigenvalue weighted by Gasteiger charge is 2.35. The first-order valence-electron chi connectivity index (χ1n) is 10.3. The number of ether oxygens (including phenoxy) is 1. The number of nitrogens with zero attached hydrogens (tertiary/aromatic N) is 2. The van der Waals surface area contributed by atoms with Crippen molar-refractivity contribution < 1.29 is 27.1 Å². The molecule has 1 heterocycles. The van der Waals surface area contributed by atoms with Gasteiger partial charge in [0.15, 0.2) is 0 Å². The number of halogens is 1. The van der Waals surface area contributed by atoms with Crippen molar-refractivity contribution in [2.45, 2.75) is 25.2 Å². The first-order chi connectivity index (χ1) is 15.2. The second-order valence-corrected chi connectivity index (χ2v) is 9.26. The van der Waals surface area contributed by atoms with E-state index < -0.39 is 27.7 Å². The number of carbonyl (C=O) groups is 2. The molecule has 0 aromatic heterocycles. The fourth-order valence-electron chi connectivity index (χ4n) is 3.65. The summed E-state index contributed by atoms with van der Waals surface area (Å²) in [5.41, 5.74) is 0.718. The second-order valence-electron chi connectivity index (χ2n) is 7.32. The van der Waals surface area contributed by atoms with E-state index in [0.29, 0.717) is 24.5 Å². The van der Waals surface area contributed by atoms with Crippen LogP contribution in [0.2, 0.25) is 0 Å². The number of methoxy groups -OCH3 is 1. The summed E-state index contributed by atoms with van der Waals surface area (Å²) in [5, 5.41) is 2.71. The molecule has 0 spiro atoms. The molecule has 0 saturated carbocycles. The molecule has 3 rings (SSSR count). The molecule has 172 valence electrons. The lowest BCUT2D eigenvalue weighted by molar-refractivity contribution is -0.122. The maximum atomic E-state index is 13.2. The van der Waals surface area contributed by atoms with Gasteiger partial charge >= 0.3 is 0 Å². The average Bonchev–Trinajstić information content (AvgIpc) is 3.16. The minimum absolute atomic E-state index is 0.0110. The van der Waals surface area contributed by atoms with Crippen LogP contribution in [-0.2, 0) is 19.6 Å². The SMILES string of the molecule is CCN(CC)S(=O)(=O)c1ccc(OC)c(NC(=O)[C@@H]2CC(=O)N(c3ccc(F)cc3)C2)c1. The quantitative estimate of drug-likeness (QED) is 0.650. The predicted octanol–water partition coefficient (Wildman–Crippen LogP) is 2.86. The van der Waals surface area contributed by atoms with Gasteiger partial charge in [-0.3, -0.25) is 9.59 Å². The number of carbonyl (C=O) groups excluding carboxylic acids is 2. The fourth-order valence-corrected chi connectivity index (χ4v) is 5.13. The molecule has 2 aromatic rings. The van der Waals surface area contributed by atoms with Crippen molar-refractivity contribution in [3.8, 4) is 5.75 Å². The van der Waals surface area contributed by atoms with Crippen LogP contribution >= 0.6 is 0 Å². The van der Waals surface area contributed by atoms with Gasteiger partial charge in [-0.25, -0.2) is 12.8 Å². The maximum absolute atomic E-state index is 13.2. The summed E-state index contributed by atoms with van der Waals surface area (Å²) >= 11 is 0. The zero-order valence-corrected chi connectivity index (χ0v) is 19.0. The molecule has 2 amide bonds. The van der Waals surface area contributed by atoms with Crippen LogP contribution in [0.4, 0.5) is 15.8 Å². The van der Waals surface area contributed by atoms with Crippen molar-refractivity contribution in [1.82, 2.24) is 4.31 Å². The molecule has 1 N–H and O–H groups in total. The highest BCUT2D eigenvalue weighted by atomic mass is 32.2. The van der Waals surface area contributed by atoms with Crippen LogP contribution in [0.5, 0.6) is 5.75 Å². The molecular formula is C22H26FN3O5S. The zero-order valence-electron chi connectivity index (χ0n) is 18.2. The summed E-state index contributed by atoms with van der Waals surface area (Å²) in [6.45, 7) is 4.26. The molecule has 32 heavy (non-hydrogen) atoms. The van der Waals surface area contributed by atoms with Gasteiger partial charge < -0.3 is 15.0 Å². The normalized spacial score (nSPS) is 16.5. The van der Waals surface area contributed by atoms with E-state index in [9.17, 15) is 22.4 Å². The van der Waals surface area contributed by atoms with E-state index in [2.05, 4.69) is 5.32 Å². The highest BCUT2D eigenvalue weighted by molar-refractivity contribution is 7.89. The average molecular weight is 464 g/mol. The molecule has 1 atom stereocenters. The smallest absolute Gasteiger partial charge is 0.243 e. The van der Waals surface area contributed by atoms with Crippen molar-refractivity contribution in [3.63, 3.8) is 0 Å². The summed E-state index contributed by atoms with van der Waals surface area (Å²) in [6.07, 6.45) is -0.0110. The Morgan fingerprint density at radius 2 is 1.84 bits per heavy atom. The Morgan fingerprint density at radius 1 is 1.19 bits per heavy atom. The summed E-state index contributed by atoms with van der Waals surface area (Å²) in [6, 6.07) is 9.74. The first-order valence-corrected chi connectivity index (χ1v) is 11.7. The van der Waals surface area contributed by atoms with E-state index in [4.69, 9.17) is 4.74 Å². The maximum Gasteiger partial charge on any atom is 0.243 e. The van der Waals surface area contributed by atoms with Gasteiger partial charge in [0.1, 0.15) is 11.6 Å². The molecule has 0 unspecified atom stereocenters. The van der Waals surface area contributed by atoms with Gasteiger partial charge in [-0.1, -0.05) is 13.8 Å². The number of amides is 2. The topological polar surface area (TPSA) is 96.0 Å². The molecular weight excluding hydrogens is 437 g/mol. The first kappa shape index (κ1) is 23.7. The Hall–Kier alpha value is -2.98. The van der Waals surface area contributed by atoms with E-state index in [-0.39, 0.29) is 29.5 Å². The molecule has 2 aromatic carbocycles. The third kappa shape index (κ3) is 4.76. The highest BCUT2D eigenvalue weighted by Crippen LogP contribution is 2.31. The summed E-state index contributed by atoms with van der Waals surface area (Å²) in [4.78, 5) is 26.8. The van der Waals surface area contributed by atoms with E-state index in [1.807, 2.05) is 0 Å². The van der Waals surface area contributed by atoms with Gasteiger partial charge in [0.2, 0.25) is 21.8 Å². The molecule has 1 saturated heterocycles. The number of anilines is 2. The minimum atomic E-state index is -3.73. The van der Waals surface area contributed by atoms with E-state index in [1.54, 1.807) is 13.8 Å². The van der Waals surface area contributed by atoms with Crippen LogP contribution in [-0.4, -0.2) is 51.3 Å². The number of hydrogen-bond donors (Lipinski definition) is 1. The van der Waals surface area contributed by atoms with Crippen LogP contribution in [0.25, 0.3) is 0 Å². The Bertz CT molecular complexity index is 1100. The number of hydrogen-bond acceptors (Lipinski definition) is 5. The van der Waals surface area contributed by atoms with Crippen LogP contribution in [0.3, 0.4) is 0 Å². The lowest BCUT2D eigenvalue weighted by atomic mass is 10.1. The third-order valence-corrected chi connectivity index (χ3v) is 7.45. The van der Waals surface area contributed by atoms with Gasteiger partial charge in [0.25, 0.3) is 0 Å². The number of sulfonamides is 1. The van der Waals surface area contributed by atoms with Crippen LogP contribution in [0.15, 0.2) is 47.4 Å². The molecule has 1 fully saturated rings. The van der Waals surface area contributed by atoms with Gasteiger partial charge in [-0.15, -0.1) is 0 Å². The Kier molecular flexibility index (Phi) is 7.15. The summed E-state index contributed by atoms with van der Waals surface area (Å²) in [5.74, 6) is -1.45. The van der Waals surface area contributed by atoms with Gasteiger partial charge in [0, 0.05) is 31.7 Å². The van der Waals surface area contributed by atoms with Crippen molar-refractivity contribution in [2.75, 3.05) is 37.0 Å². The largest absolute Gasteiger partial charge is 0.495 e. The number of benzene rings is 2. The van der Waals surface area contributed by atoms with Gasteiger partial charge in [-0.05, 0) is 42.5 Å². The van der Waals surface area contributed by atoms with Crippen molar-refractivity contribution in [3.05, 3.63) is 48.3 Å². The molecule has 8 nitrogen and oxygen atoms in total. The predicted molar refractivity (Wildman–Crippen MR) is 119 cm³/mol. The van der Waals surface area contributed by atoms with Crippen LogP contribution in [0.1, 0.15) is 20.3 Å². The summed E-state index contributed by atoms with van der Waals surface area (Å²) in [7, 11) is -2.31. The molecule has 10 heteroatoms. The minimum Gasteiger partial charge on any atom is -0.495 e. The molecule has 0 bridgehead atoms. The lowest BCUT2D eigenvalue weighted by Crippen LogP contribution is -2.31. The lowest BCUT2D eigenvalue weighted by Gasteiger charge is -2.20. The molecule has 0 aliphatic carbocycles. The third-order valence-electron chi connectivity index (χ3n) is 5.41. The van der Waals surface area contributed by atoms with E-state index in [0.717, 1.165) is 0 Å². The van der Waals surface area contributed by atoms with Gasteiger partial charge in [-0.2, -0.15) is 4.31 Å². The summed E-state index contributed by atoms with van der Waals surface area (Å²) < 4.78 is 45.5. The fraction of sp³-hybridized carbons (Fsp3) is 0.364. The van der Waals surface area contributed by atoms with Crippen molar-refractivity contribution in [2.24, 2.45) is 5.92 Å². The standard InChI is InChI=1S/C22H26FN3O5S/c1-4-25(5-2)32(29,30)18-10-11-20(31-3)19(13-18)24-22(28)15-12-21(27)26(14-15)17-8-6-16(23)7-9-17/h6-11,13,15H,4-5,12,14H2,1-3H3,(H,24,28)/t15-/m1/s1. The second kappa shape index (κ2) is 9.66. The van der Waals surface area contributed by atoms with Crippen molar-refractivity contribution >= 4 is 33.2 Å². The molecule has 0 radical (unpaired) electrons. The molecule has 1 aliphatic heterocycles. The van der Waals surface area contributed by atoms with Crippen molar-refractivity contribution in [1.29, 1.82) is 0 Å². The molecule has 1 aliphatic rings. The van der Waals surface area contributed by atoms with E-state index in [1.165, 1.54) is 58.8 Å². The number of nitrogens with one attached hydrogen (secondary N) is 1. The zero-order chi connectivity index (χ0) is 23.5. The van der Waals surface area contributed by atoms with Crippen LogP contribution < -0.4 is 15.0 Å². The van der Waals surface area contributed by atoms with Gasteiger partial charge in [0.05, 0.1) is 23.6 Å². The Labute approximate surface area is 187 Å². The van der Waals surface area contributed by atoms with Crippen LogP contribution in [0, 0.1) is 11.7 Å². The monoisotopic (exact) mass is 463 g/mol. The number of rotatable bonds is 8. The Balaban J connectivity index is 1.81. The Morgan fingerprint density at radius 3 is 2.44 bits per heavy atom. The van der Waals surface area contributed by atoms with E-state index >= 15 is 0 Å².